The number of fused-ring (bicyclic) bond motifs is 3. The molecule has 4 rings (SSSR count). The summed E-state index contributed by atoms with van der Waals surface area (Å²) in [5.74, 6) is 0.242. The number of aryl methyl sites for hydroxylation is 1. The van der Waals surface area contributed by atoms with E-state index < -0.39 is 11.7 Å². The molecule has 4 aromatic rings. The Balaban J connectivity index is 1.57. The summed E-state index contributed by atoms with van der Waals surface area (Å²) in [7, 11) is 0. The van der Waals surface area contributed by atoms with Crippen LogP contribution in [0.2, 0.25) is 0 Å². The van der Waals surface area contributed by atoms with Crippen molar-refractivity contribution in [2.45, 2.75) is 26.5 Å². The van der Waals surface area contributed by atoms with Crippen LogP contribution in [0.1, 0.15) is 18.2 Å². The number of amides is 1. The monoisotopic (exact) mass is 388 g/mol. The summed E-state index contributed by atoms with van der Waals surface area (Å²) >= 11 is 0. The lowest BCUT2D eigenvalue weighted by Crippen LogP contribution is -2.36. The lowest BCUT2D eigenvalue weighted by Gasteiger charge is -2.17. The van der Waals surface area contributed by atoms with Crippen LogP contribution < -0.4 is 15.7 Å². The molecule has 0 radical (unpaired) electrons. The Morgan fingerprint density at radius 2 is 1.83 bits per heavy atom. The average Bonchev–Trinajstić information content (AvgIpc) is 2.75. The number of nitrogens with zero attached hydrogens (tertiary/aromatic N) is 1. The summed E-state index contributed by atoms with van der Waals surface area (Å²) in [6.45, 7) is 3.81. The van der Waals surface area contributed by atoms with Gasteiger partial charge in [-0.15, -0.1) is 0 Å². The number of nitrogens with one attached hydrogen (secondary N) is 1. The van der Waals surface area contributed by atoms with Crippen molar-refractivity contribution in [3.05, 3.63) is 82.5 Å². The second-order valence-electron chi connectivity index (χ2n) is 6.80. The highest BCUT2D eigenvalue weighted by Gasteiger charge is 2.18. The van der Waals surface area contributed by atoms with Crippen molar-refractivity contribution >= 4 is 27.6 Å². The number of carbonyl (C=O) groups is 1. The molecule has 0 aliphatic rings. The van der Waals surface area contributed by atoms with E-state index >= 15 is 0 Å². The fourth-order valence-electron chi connectivity index (χ4n) is 3.26. The van der Waals surface area contributed by atoms with E-state index in [2.05, 4.69) is 10.3 Å². The summed E-state index contributed by atoms with van der Waals surface area (Å²) in [6.07, 6.45) is 0.958. The summed E-state index contributed by atoms with van der Waals surface area (Å²) in [5.41, 5.74) is 1.51. The number of aromatic nitrogens is 1. The van der Waals surface area contributed by atoms with Gasteiger partial charge in [-0.2, -0.15) is 0 Å². The molecule has 0 aliphatic carbocycles. The Morgan fingerprint density at radius 1 is 1.07 bits per heavy atom. The smallest absolute Gasteiger partial charge is 0.344 e. The van der Waals surface area contributed by atoms with Gasteiger partial charge >= 0.3 is 5.63 Å². The predicted octanol–water partition coefficient (Wildman–Crippen LogP) is 3.73. The van der Waals surface area contributed by atoms with Crippen LogP contribution in [0.4, 0.5) is 0 Å². The topological polar surface area (TPSA) is 81.4 Å². The zero-order valence-electron chi connectivity index (χ0n) is 16.1. The summed E-state index contributed by atoms with van der Waals surface area (Å²) in [5, 5.41) is 5.01. The molecule has 2 aromatic carbocycles. The van der Waals surface area contributed by atoms with E-state index in [1.165, 1.54) is 0 Å². The first-order valence-corrected chi connectivity index (χ1v) is 9.34. The standard InChI is InChI=1S/C23H20N2O4/c1-14-20(28-15(2)22(26)25-13-16-7-5-6-12-24-16)11-10-18-17-8-3-4-9-19(17)23(27)29-21(14)18/h3-12,15H,13H2,1-2H3,(H,25,26)/t15-/m1/s1. The van der Waals surface area contributed by atoms with Gasteiger partial charge < -0.3 is 14.5 Å². The van der Waals surface area contributed by atoms with E-state index in [9.17, 15) is 9.59 Å². The maximum Gasteiger partial charge on any atom is 0.344 e. The van der Waals surface area contributed by atoms with Gasteiger partial charge in [0.2, 0.25) is 0 Å². The molecule has 6 nitrogen and oxygen atoms in total. The second-order valence-corrected chi connectivity index (χ2v) is 6.80. The van der Waals surface area contributed by atoms with Gasteiger partial charge in [0.05, 0.1) is 17.6 Å². The summed E-state index contributed by atoms with van der Waals surface area (Å²) in [6, 6.07) is 16.5. The van der Waals surface area contributed by atoms with Crippen molar-refractivity contribution in [3.63, 3.8) is 0 Å². The molecule has 146 valence electrons. The molecule has 0 fully saturated rings. The molecular weight excluding hydrogens is 368 g/mol. The van der Waals surface area contributed by atoms with E-state index in [0.717, 1.165) is 16.5 Å². The van der Waals surface area contributed by atoms with Crippen molar-refractivity contribution in [2.75, 3.05) is 0 Å². The van der Waals surface area contributed by atoms with Crippen LogP contribution in [0.5, 0.6) is 5.75 Å². The van der Waals surface area contributed by atoms with Crippen LogP contribution in [-0.4, -0.2) is 17.0 Å². The molecule has 0 saturated heterocycles. The lowest BCUT2D eigenvalue weighted by molar-refractivity contribution is -0.127. The number of ether oxygens (including phenoxy) is 1. The highest BCUT2D eigenvalue weighted by Crippen LogP contribution is 2.31. The van der Waals surface area contributed by atoms with Crippen LogP contribution in [0.3, 0.4) is 0 Å². The Hall–Kier alpha value is -3.67. The van der Waals surface area contributed by atoms with Gasteiger partial charge in [-0.05, 0) is 49.6 Å². The van der Waals surface area contributed by atoms with E-state index in [4.69, 9.17) is 9.15 Å². The van der Waals surface area contributed by atoms with Crippen LogP contribution in [0.25, 0.3) is 21.7 Å². The summed E-state index contributed by atoms with van der Waals surface area (Å²) < 4.78 is 11.4. The fraction of sp³-hybridized carbons (Fsp3) is 0.174. The van der Waals surface area contributed by atoms with Gasteiger partial charge in [0, 0.05) is 17.1 Å². The van der Waals surface area contributed by atoms with Crippen molar-refractivity contribution in [2.24, 2.45) is 0 Å². The molecule has 1 amide bonds. The molecule has 0 unspecified atom stereocenters. The van der Waals surface area contributed by atoms with Crippen LogP contribution in [-0.2, 0) is 11.3 Å². The molecule has 1 atom stereocenters. The number of carbonyl (C=O) groups excluding carboxylic acids is 1. The first-order valence-electron chi connectivity index (χ1n) is 9.34. The molecule has 0 saturated carbocycles. The van der Waals surface area contributed by atoms with E-state index in [-0.39, 0.29) is 5.91 Å². The normalized spacial score (nSPS) is 12.1. The zero-order chi connectivity index (χ0) is 20.4. The first kappa shape index (κ1) is 18.7. The Bertz CT molecular complexity index is 1250. The maximum atomic E-state index is 12.4. The van der Waals surface area contributed by atoms with Gasteiger partial charge in [0.1, 0.15) is 11.3 Å². The van der Waals surface area contributed by atoms with Gasteiger partial charge in [-0.25, -0.2) is 4.79 Å². The fourth-order valence-corrected chi connectivity index (χ4v) is 3.26. The second kappa shape index (κ2) is 7.75. The molecule has 0 spiro atoms. The third-order valence-electron chi connectivity index (χ3n) is 4.83. The van der Waals surface area contributed by atoms with Crippen molar-refractivity contribution in [1.29, 1.82) is 0 Å². The molecule has 2 aromatic heterocycles. The molecular formula is C23H20N2O4. The number of rotatable bonds is 5. The number of pyridine rings is 1. The molecule has 0 bridgehead atoms. The molecule has 29 heavy (non-hydrogen) atoms. The molecule has 1 N–H and O–H groups in total. The van der Waals surface area contributed by atoms with E-state index in [1.807, 2.05) is 43.3 Å². The highest BCUT2D eigenvalue weighted by atomic mass is 16.5. The van der Waals surface area contributed by atoms with Gasteiger partial charge in [0.25, 0.3) is 5.91 Å². The Morgan fingerprint density at radius 3 is 2.59 bits per heavy atom. The maximum absolute atomic E-state index is 12.4. The SMILES string of the molecule is Cc1c(O[C@H](C)C(=O)NCc2ccccn2)ccc2c1oc(=O)c1ccccc12. The number of benzene rings is 2. The predicted molar refractivity (Wildman–Crippen MR) is 111 cm³/mol. The third kappa shape index (κ3) is 3.69. The van der Waals surface area contributed by atoms with Gasteiger partial charge in [0.15, 0.2) is 6.10 Å². The van der Waals surface area contributed by atoms with Crippen molar-refractivity contribution in [3.8, 4) is 5.75 Å². The van der Waals surface area contributed by atoms with Crippen LogP contribution in [0.15, 0.2) is 70.0 Å². The van der Waals surface area contributed by atoms with Crippen LogP contribution >= 0.6 is 0 Å². The number of hydrogen-bond acceptors (Lipinski definition) is 5. The zero-order valence-corrected chi connectivity index (χ0v) is 16.1. The van der Waals surface area contributed by atoms with Crippen molar-refractivity contribution in [1.82, 2.24) is 10.3 Å². The number of hydrogen-bond donors (Lipinski definition) is 1. The van der Waals surface area contributed by atoms with Gasteiger partial charge in [-0.1, -0.05) is 24.3 Å². The highest BCUT2D eigenvalue weighted by molar-refractivity contribution is 6.05. The average molecular weight is 388 g/mol. The van der Waals surface area contributed by atoms with Crippen molar-refractivity contribution < 1.29 is 13.9 Å². The first-order chi connectivity index (χ1) is 14.0. The lowest BCUT2D eigenvalue weighted by atomic mass is 10.0. The Kier molecular flexibility index (Phi) is 4.99. The third-order valence-corrected chi connectivity index (χ3v) is 4.83. The minimum Gasteiger partial charge on any atom is -0.480 e. The Labute approximate surface area is 167 Å². The molecule has 6 heteroatoms. The quantitative estimate of drug-likeness (QED) is 0.416. The molecule has 0 aliphatic heterocycles. The van der Waals surface area contributed by atoms with Crippen LogP contribution in [0, 0.1) is 6.92 Å². The van der Waals surface area contributed by atoms with E-state index in [1.54, 1.807) is 31.3 Å². The summed E-state index contributed by atoms with van der Waals surface area (Å²) in [4.78, 5) is 28.9. The minimum atomic E-state index is -0.720. The minimum absolute atomic E-state index is 0.255. The largest absolute Gasteiger partial charge is 0.480 e. The van der Waals surface area contributed by atoms with Gasteiger partial charge in [-0.3, -0.25) is 9.78 Å². The van der Waals surface area contributed by atoms with E-state index in [0.29, 0.717) is 28.8 Å². The molecule has 2 heterocycles.